The zero-order valence-electron chi connectivity index (χ0n) is 16.1. The van der Waals surface area contributed by atoms with Crippen LogP contribution in [0, 0.1) is 12.7 Å². The van der Waals surface area contributed by atoms with Crippen molar-refractivity contribution in [2.45, 2.75) is 13.5 Å². The van der Waals surface area contributed by atoms with E-state index in [0.29, 0.717) is 29.2 Å². The van der Waals surface area contributed by atoms with Crippen molar-refractivity contribution in [3.05, 3.63) is 94.5 Å². The molecule has 0 bridgehead atoms. The first-order valence-corrected chi connectivity index (χ1v) is 9.13. The van der Waals surface area contributed by atoms with E-state index in [1.165, 1.54) is 12.1 Å². The fraction of sp³-hybridized carbons (Fsp3) is 0.125. The molecule has 0 N–H and O–H groups in total. The molecular formula is C24H19FO4. The number of methoxy groups -OCH3 is 1. The molecule has 1 aliphatic rings. The SMILES string of the molecule is COc1ccc(COc2cc(C)c3c(c2)O/C(=C\c2ccc(F)cc2)C3=O)cc1. The highest BCUT2D eigenvalue weighted by Gasteiger charge is 2.30. The topological polar surface area (TPSA) is 44.8 Å². The minimum atomic E-state index is -0.330. The maximum atomic E-state index is 13.1. The third-order valence-corrected chi connectivity index (χ3v) is 4.68. The minimum Gasteiger partial charge on any atom is -0.497 e. The summed E-state index contributed by atoms with van der Waals surface area (Å²) in [6, 6.07) is 17.0. The fourth-order valence-electron chi connectivity index (χ4n) is 3.16. The van der Waals surface area contributed by atoms with Crippen LogP contribution in [0.25, 0.3) is 6.08 Å². The predicted molar refractivity (Wildman–Crippen MR) is 108 cm³/mol. The Hall–Kier alpha value is -3.60. The van der Waals surface area contributed by atoms with Gasteiger partial charge in [-0.2, -0.15) is 0 Å². The molecule has 0 radical (unpaired) electrons. The second-order valence-corrected chi connectivity index (χ2v) is 6.74. The van der Waals surface area contributed by atoms with Crippen LogP contribution in [0.15, 0.2) is 66.4 Å². The monoisotopic (exact) mass is 390 g/mol. The lowest BCUT2D eigenvalue weighted by Crippen LogP contribution is -2.00. The van der Waals surface area contributed by atoms with Gasteiger partial charge in [0.05, 0.1) is 12.7 Å². The molecule has 0 aromatic heterocycles. The molecule has 1 aliphatic heterocycles. The Balaban J connectivity index is 1.53. The van der Waals surface area contributed by atoms with Gasteiger partial charge in [-0.05, 0) is 60.0 Å². The van der Waals surface area contributed by atoms with Crippen LogP contribution in [0.4, 0.5) is 4.39 Å². The molecule has 4 rings (SSSR count). The number of carbonyl (C=O) groups excluding carboxylic acids is 1. The second-order valence-electron chi connectivity index (χ2n) is 6.74. The van der Waals surface area contributed by atoms with Crippen LogP contribution in [-0.4, -0.2) is 12.9 Å². The van der Waals surface area contributed by atoms with Crippen molar-refractivity contribution in [3.63, 3.8) is 0 Å². The molecule has 0 fully saturated rings. The van der Waals surface area contributed by atoms with Crippen molar-refractivity contribution in [2.24, 2.45) is 0 Å². The summed E-state index contributed by atoms with van der Waals surface area (Å²) in [5.74, 6) is 1.56. The van der Waals surface area contributed by atoms with Gasteiger partial charge < -0.3 is 14.2 Å². The highest BCUT2D eigenvalue weighted by atomic mass is 19.1. The van der Waals surface area contributed by atoms with Gasteiger partial charge in [-0.25, -0.2) is 4.39 Å². The number of benzene rings is 3. The molecular weight excluding hydrogens is 371 g/mol. The van der Waals surface area contributed by atoms with Crippen LogP contribution >= 0.6 is 0 Å². The van der Waals surface area contributed by atoms with Gasteiger partial charge in [0.2, 0.25) is 5.78 Å². The van der Waals surface area contributed by atoms with Crippen LogP contribution in [-0.2, 0) is 6.61 Å². The van der Waals surface area contributed by atoms with Gasteiger partial charge in [0, 0.05) is 6.07 Å². The van der Waals surface area contributed by atoms with Gasteiger partial charge in [0.1, 0.15) is 29.7 Å². The smallest absolute Gasteiger partial charge is 0.232 e. The van der Waals surface area contributed by atoms with E-state index in [1.807, 2.05) is 37.3 Å². The average molecular weight is 390 g/mol. The van der Waals surface area contributed by atoms with Crippen LogP contribution in [0.5, 0.6) is 17.2 Å². The molecule has 3 aromatic carbocycles. The van der Waals surface area contributed by atoms with Crippen molar-refractivity contribution < 1.29 is 23.4 Å². The normalized spacial score (nSPS) is 13.9. The summed E-state index contributed by atoms with van der Waals surface area (Å²) in [5, 5.41) is 0. The second kappa shape index (κ2) is 7.80. The standard InChI is InChI=1S/C24H19FO4/c1-15-11-20(28-14-17-5-9-19(27-2)10-6-17)13-21-23(15)24(26)22(29-21)12-16-3-7-18(25)8-4-16/h3-13H,14H2,1-2H3/b22-12-. The number of hydrogen-bond donors (Lipinski definition) is 0. The average Bonchev–Trinajstić information content (AvgIpc) is 3.04. The van der Waals surface area contributed by atoms with Gasteiger partial charge in [0.25, 0.3) is 0 Å². The van der Waals surface area contributed by atoms with Crippen molar-refractivity contribution in [1.29, 1.82) is 0 Å². The van der Waals surface area contributed by atoms with E-state index in [4.69, 9.17) is 14.2 Å². The zero-order valence-corrected chi connectivity index (χ0v) is 16.1. The van der Waals surface area contributed by atoms with E-state index in [1.54, 1.807) is 31.4 Å². The summed E-state index contributed by atoms with van der Waals surface area (Å²) >= 11 is 0. The highest BCUT2D eigenvalue weighted by Crippen LogP contribution is 2.37. The zero-order chi connectivity index (χ0) is 20.4. The largest absolute Gasteiger partial charge is 0.497 e. The Labute approximate surface area is 168 Å². The van der Waals surface area contributed by atoms with E-state index in [0.717, 1.165) is 16.9 Å². The third kappa shape index (κ3) is 3.99. The van der Waals surface area contributed by atoms with E-state index < -0.39 is 0 Å². The summed E-state index contributed by atoms with van der Waals surface area (Å²) in [4.78, 5) is 12.7. The summed E-state index contributed by atoms with van der Waals surface area (Å²) in [5.41, 5.74) is 2.99. The van der Waals surface area contributed by atoms with Crippen molar-refractivity contribution in [2.75, 3.05) is 7.11 Å². The summed E-state index contributed by atoms with van der Waals surface area (Å²) < 4.78 is 29.9. The number of aryl methyl sites for hydroxylation is 1. The van der Waals surface area contributed by atoms with Crippen molar-refractivity contribution in [1.82, 2.24) is 0 Å². The summed E-state index contributed by atoms with van der Waals surface area (Å²) in [6.45, 7) is 2.23. The third-order valence-electron chi connectivity index (χ3n) is 4.68. The molecule has 0 saturated carbocycles. The Morgan fingerprint density at radius 3 is 2.41 bits per heavy atom. The lowest BCUT2D eigenvalue weighted by molar-refractivity contribution is 0.101. The van der Waals surface area contributed by atoms with E-state index in [2.05, 4.69) is 0 Å². The first-order valence-electron chi connectivity index (χ1n) is 9.13. The number of halogens is 1. The highest BCUT2D eigenvalue weighted by molar-refractivity contribution is 6.15. The first kappa shape index (κ1) is 18.7. The van der Waals surface area contributed by atoms with Gasteiger partial charge >= 0.3 is 0 Å². The maximum absolute atomic E-state index is 13.1. The predicted octanol–water partition coefficient (Wildman–Crippen LogP) is 5.34. The Morgan fingerprint density at radius 2 is 1.72 bits per heavy atom. The molecule has 0 aliphatic carbocycles. The molecule has 4 nitrogen and oxygen atoms in total. The Morgan fingerprint density at radius 1 is 1.00 bits per heavy atom. The molecule has 146 valence electrons. The van der Waals surface area contributed by atoms with Gasteiger partial charge in [-0.1, -0.05) is 24.3 Å². The van der Waals surface area contributed by atoms with Crippen molar-refractivity contribution >= 4 is 11.9 Å². The van der Waals surface area contributed by atoms with Gasteiger partial charge in [-0.15, -0.1) is 0 Å². The summed E-state index contributed by atoms with van der Waals surface area (Å²) in [7, 11) is 1.62. The molecule has 0 unspecified atom stereocenters. The molecule has 3 aromatic rings. The van der Waals surface area contributed by atoms with E-state index in [9.17, 15) is 9.18 Å². The number of ketones is 1. The van der Waals surface area contributed by atoms with E-state index >= 15 is 0 Å². The number of rotatable bonds is 5. The number of ether oxygens (including phenoxy) is 3. The molecule has 0 atom stereocenters. The van der Waals surface area contributed by atoms with Crippen LogP contribution in [0.2, 0.25) is 0 Å². The molecule has 29 heavy (non-hydrogen) atoms. The quantitative estimate of drug-likeness (QED) is 0.552. The van der Waals surface area contributed by atoms with Gasteiger partial charge in [0.15, 0.2) is 5.76 Å². The number of allylic oxidation sites excluding steroid dienone is 1. The Kier molecular flexibility index (Phi) is 5.04. The van der Waals surface area contributed by atoms with E-state index in [-0.39, 0.29) is 17.4 Å². The minimum absolute atomic E-state index is 0.191. The molecule has 5 heteroatoms. The summed E-state index contributed by atoms with van der Waals surface area (Å²) in [6.07, 6.45) is 1.61. The Bertz CT molecular complexity index is 1080. The number of carbonyl (C=O) groups is 1. The first-order chi connectivity index (χ1) is 14.0. The van der Waals surface area contributed by atoms with Crippen LogP contribution in [0.1, 0.15) is 27.0 Å². The molecule has 1 heterocycles. The molecule has 0 amide bonds. The lowest BCUT2D eigenvalue weighted by atomic mass is 10.0. The molecule has 0 saturated heterocycles. The van der Waals surface area contributed by atoms with Crippen LogP contribution in [0.3, 0.4) is 0 Å². The van der Waals surface area contributed by atoms with Gasteiger partial charge in [-0.3, -0.25) is 4.79 Å². The maximum Gasteiger partial charge on any atom is 0.232 e. The van der Waals surface area contributed by atoms with Crippen LogP contribution < -0.4 is 14.2 Å². The van der Waals surface area contributed by atoms with Crippen molar-refractivity contribution in [3.8, 4) is 17.2 Å². The number of Topliss-reactive ketones (excluding diaryl/α,β-unsaturated/α-hetero) is 1. The number of fused-ring (bicyclic) bond motifs is 1. The lowest BCUT2D eigenvalue weighted by Gasteiger charge is -2.09. The molecule has 0 spiro atoms. The number of hydrogen-bond acceptors (Lipinski definition) is 4. The fourth-order valence-corrected chi connectivity index (χ4v) is 3.16.